The predicted octanol–water partition coefficient (Wildman–Crippen LogP) is 2.68. The molecule has 0 bridgehead atoms. The maximum atomic E-state index is 6.00. The maximum Gasteiger partial charge on any atom is 0.130 e. The van der Waals surface area contributed by atoms with Gasteiger partial charge in [0.2, 0.25) is 0 Å². The van der Waals surface area contributed by atoms with Crippen LogP contribution in [0.3, 0.4) is 0 Å². The zero-order valence-corrected chi connectivity index (χ0v) is 12.2. The number of halogens is 1. The van der Waals surface area contributed by atoms with Gasteiger partial charge in [0.05, 0.1) is 11.4 Å². The van der Waals surface area contributed by atoms with Crippen LogP contribution in [0.4, 0.5) is 0 Å². The van der Waals surface area contributed by atoms with Gasteiger partial charge in [0.1, 0.15) is 12.4 Å². The first-order valence-corrected chi connectivity index (χ1v) is 6.53. The number of aryl methyl sites for hydroxylation is 2. The lowest BCUT2D eigenvalue weighted by molar-refractivity contribution is 0.291. The summed E-state index contributed by atoms with van der Waals surface area (Å²) >= 11 is 6.00. The molecule has 0 aliphatic rings. The van der Waals surface area contributed by atoms with Crippen LogP contribution in [0.2, 0.25) is 5.02 Å². The Morgan fingerprint density at radius 2 is 2.16 bits per heavy atom. The molecule has 102 valence electrons. The van der Waals surface area contributed by atoms with E-state index in [-0.39, 0.29) is 0 Å². The molecule has 1 aromatic heterocycles. The van der Waals surface area contributed by atoms with Crippen molar-refractivity contribution in [2.45, 2.75) is 20.1 Å². The molecule has 2 aromatic rings. The Kier molecular flexibility index (Phi) is 4.45. The smallest absolute Gasteiger partial charge is 0.130 e. The SMILES string of the molecule is CNCc1cc(Cl)ccc1OCc1cc(C)nn1C. The first-order valence-electron chi connectivity index (χ1n) is 6.15. The van der Waals surface area contributed by atoms with Crippen LogP contribution in [0.1, 0.15) is 17.0 Å². The van der Waals surface area contributed by atoms with Crippen LogP contribution in [-0.2, 0) is 20.2 Å². The Bertz CT molecular complexity index is 566. The second-order valence-electron chi connectivity index (χ2n) is 4.47. The summed E-state index contributed by atoms with van der Waals surface area (Å²) in [5.74, 6) is 0.845. The molecular formula is C14H18ClN3O. The highest BCUT2D eigenvalue weighted by Crippen LogP contribution is 2.23. The third-order valence-corrected chi connectivity index (χ3v) is 3.10. The summed E-state index contributed by atoms with van der Waals surface area (Å²) in [6, 6.07) is 7.68. The van der Waals surface area contributed by atoms with E-state index in [9.17, 15) is 0 Å². The summed E-state index contributed by atoms with van der Waals surface area (Å²) in [6.45, 7) is 3.19. The van der Waals surface area contributed by atoms with Crippen LogP contribution >= 0.6 is 11.6 Å². The zero-order valence-electron chi connectivity index (χ0n) is 11.4. The number of nitrogens with one attached hydrogen (secondary N) is 1. The Morgan fingerprint density at radius 1 is 1.37 bits per heavy atom. The fourth-order valence-corrected chi connectivity index (χ4v) is 2.16. The van der Waals surface area contributed by atoms with Crippen LogP contribution in [0.15, 0.2) is 24.3 Å². The first-order chi connectivity index (χ1) is 9.10. The molecule has 1 aromatic carbocycles. The van der Waals surface area contributed by atoms with Gasteiger partial charge in [0.15, 0.2) is 0 Å². The fourth-order valence-electron chi connectivity index (χ4n) is 1.97. The number of rotatable bonds is 5. The van der Waals surface area contributed by atoms with Gasteiger partial charge in [-0.05, 0) is 38.2 Å². The van der Waals surface area contributed by atoms with E-state index >= 15 is 0 Å². The van der Waals surface area contributed by atoms with E-state index in [0.717, 1.165) is 29.2 Å². The van der Waals surface area contributed by atoms with Crippen LogP contribution in [-0.4, -0.2) is 16.8 Å². The van der Waals surface area contributed by atoms with Crippen LogP contribution in [0.25, 0.3) is 0 Å². The topological polar surface area (TPSA) is 39.1 Å². The highest BCUT2D eigenvalue weighted by Gasteiger charge is 2.07. The van der Waals surface area contributed by atoms with E-state index in [1.807, 2.05) is 50.0 Å². The number of benzene rings is 1. The molecule has 0 unspecified atom stereocenters. The van der Waals surface area contributed by atoms with Gasteiger partial charge in [-0.2, -0.15) is 5.10 Å². The normalized spacial score (nSPS) is 10.7. The molecule has 2 rings (SSSR count). The number of ether oxygens (including phenoxy) is 1. The van der Waals surface area contributed by atoms with Crippen molar-refractivity contribution in [3.05, 3.63) is 46.2 Å². The zero-order chi connectivity index (χ0) is 13.8. The van der Waals surface area contributed by atoms with E-state index in [4.69, 9.17) is 16.3 Å². The molecule has 0 saturated carbocycles. The highest BCUT2D eigenvalue weighted by molar-refractivity contribution is 6.30. The minimum atomic E-state index is 0.496. The number of aromatic nitrogens is 2. The third kappa shape index (κ3) is 3.49. The lowest BCUT2D eigenvalue weighted by Crippen LogP contribution is -2.09. The van der Waals surface area contributed by atoms with Gasteiger partial charge in [0.25, 0.3) is 0 Å². The average molecular weight is 280 g/mol. The number of hydrogen-bond acceptors (Lipinski definition) is 3. The summed E-state index contributed by atoms with van der Waals surface area (Å²) in [4.78, 5) is 0. The van der Waals surface area contributed by atoms with Gasteiger partial charge in [-0.3, -0.25) is 4.68 Å². The molecule has 0 amide bonds. The lowest BCUT2D eigenvalue weighted by Gasteiger charge is -2.11. The van der Waals surface area contributed by atoms with Gasteiger partial charge in [0, 0.05) is 24.2 Å². The molecule has 1 heterocycles. The van der Waals surface area contributed by atoms with Crippen LogP contribution in [0.5, 0.6) is 5.75 Å². The molecule has 5 heteroatoms. The van der Waals surface area contributed by atoms with Crippen molar-refractivity contribution in [2.75, 3.05) is 7.05 Å². The molecule has 1 N–H and O–H groups in total. The van der Waals surface area contributed by atoms with Gasteiger partial charge in [-0.15, -0.1) is 0 Å². The van der Waals surface area contributed by atoms with Crippen molar-refractivity contribution in [2.24, 2.45) is 7.05 Å². The molecule has 0 atom stereocenters. The van der Waals surface area contributed by atoms with Crippen molar-refractivity contribution >= 4 is 11.6 Å². The highest BCUT2D eigenvalue weighted by atomic mass is 35.5. The summed E-state index contributed by atoms with van der Waals surface area (Å²) in [5.41, 5.74) is 3.09. The van der Waals surface area contributed by atoms with E-state index in [1.54, 1.807) is 0 Å². The molecule has 0 aliphatic heterocycles. The average Bonchev–Trinajstić information content (AvgIpc) is 2.67. The van der Waals surface area contributed by atoms with Crippen molar-refractivity contribution in [1.82, 2.24) is 15.1 Å². The van der Waals surface area contributed by atoms with Crippen LogP contribution < -0.4 is 10.1 Å². The molecular weight excluding hydrogens is 262 g/mol. The molecule has 0 spiro atoms. The second-order valence-corrected chi connectivity index (χ2v) is 4.91. The fraction of sp³-hybridized carbons (Fsp3) is 0.357. The number of hydrogen-bond donors (Lipinski definition) is 1. The van der Waals surface area contributed by atoms with Crippen molar-refractivity contribution in [3.8, 4) is 5.75 Å². The second kappa shape index (κ2) is 6.08. The monoisotopic (exact) mass is 279 g/mol. The molecule has 19 heavy (non-hydrogen) atoms. The van der Waals surface area contributed by atoms with E-state index in [2.05, 4.69) is 10.4 Å². The van der Waals surface area contributed by atoms with Crippen molar-refractivity contribution in [1.29, 1.82) is 0 Å². The summed E-state index contributed by atoms with van der Waals surface area (Å²) < 4.78 is 7.70. The van der Waals surface area contributed by atoms with Crippen molar-refractivity contribution in [3.63, 3.8) is 0 Å². The Morgan fingerprint density at radius 3 is 2.79 bits per heavy atom. The predicted molar refractivity (Wildman–Crippen MR) is 76.5 cm³/mol. The standard InChI is InChI=1S/C14H18ClN3O/c1-10-6-13(18(3)17-10)9-19-14-5-4-12(15)7-11(14)8-16-2/h4-7,16H,8-9H2,1-3H3. The largest absolute Gasteiger partial charge is 0.487 e. The van der Waals surface area contributed by atoms with Gasteiger partial charge in [-0.25, -0.2) is 0 Å². The lowest BCUT2D eigenvalue weighted by atomic mass is 10.2. The quantitative estimate of drug-likeness (QED) is 0.915. The molecule has 0 saturated heterocycles. The maximum absolute atomic E-state index is 6.00. The van der Waals surface area contributed by atoms with Gasteiger partial charge in [-0.1, -0.05) is 11.6 Å². The molecule has 0 radical (unpaired) electrons. The Hall–Kier alpha value is -1.52. The summed E-state index contributed by atoms with van der Waals surface area (Å²) in [6.07, 6.45) is 0. The Labute approximate surface area is 118 Å². The summed E-state index contributed by atoms with van der Waals surface area (Å²) in [5, 5.41) is 8.13. The molecule has 0 aliphatic carbocycles. The molecule has 0 fully saturated rings. The van der Waals surface area contributed by atoms with E-state index in [0.29, 0.717) is 11.6 Å². The molecule has 4 nitrogen and oxygen atoms in total. The minimum absolute atomic E-state index is 0.496. The van der Waals surface area contributed by atoms with E-state index in [1.165, 1.54) is 0 Å². The van der Waals surface area contributed by atoms with Crippen molar-refractivity contribution < 1.29 is 4.74 Å². The van der Waals surface area contributed by atoms with Crippen LogP contribution in [0, 0.1) is 6.92 Å². The third-order valence-electron chi connectivity index (χ3n) is 2.86. The summed E-state index contributed by atoms with van der Waals surface area (Å²) in [7, 11) is 3.82. The van der Waals surface area contributed by atoms with Gasteiger partial charge >= 0.3 is 0 Å². The Balaban J connectivity index is 2.12. The van der Waals surface area contributed by atoms with Gasteiger partial charge < -0.3 is 10.1 Å². The minimum Gasteiger partial charge on any atom is -0.487 e. The van der Waals surface area contributed by atoms with E-state index < -0.39 is 0 Å². The number of nitrogens with zero attached hydrogens (tertiary/aromatic N) is 2. The first kappa shape index (κ1) is 13.9.